The molecule has 1 aliphatic heterocycles. The Morgan fingerprint density at radius 3 is 2.50 bits per heavy atom. The zero-order chi connectivity index (χ0) is 19.7. The first kappa shape index (κ1) is 18.1. The second-order valence-corrected chi connectivity index (χ2v) is 7.21. The maximum Gasteiger partial charge on any atom is 0.253 e. The highest BCUT2D eigenvalue weighted by Crippen LogP contribution is 2.23. The molecule has 3 aromatic rings. The standard InChI is InChI=1S/C22H22N4O2/c1-14-11-15(5-7-17(14)21(23)27)20-13-24-18-8-6-16(12-19(18)25-20)22(28)26-9-3-2-4-10-26/h5-8,11-13H,2-4,9-10H2,1H3,(H2,23,27). The van der Waals surface area contributed by atoms with Crippen molar-refractivity contribution < 1.29 is 9.59 Å². The fraction of sp³-hybridized carbons (Fsp3) is 0.273. The molecule has 6 nitrogen and oxygen atoms in total. The van der Waals surface area contributed by atoms with Crippen molar-refractivity contribution in [3.05, 3.63) is 59.3 Å². The van der Waals surface area contributed by atoms with Crippen molar-refractivity contribution in [3.63, 3.8) is 0 Å². The molecule has 6 heteroatoms. The molecule has 0 bridgehead atoms. The van der Waals surface area contributed by atoms with E-state index in [1.165, 1.54) is 6.42 Å². The third kappa shape index (κ3) is 3.45. The molecule has 4 rings (SSSR count). The van der Waals surface area contributed by atoms with Crippen molar-refractivity contribution in [2.75, 3.05) is 13.1 Å². The van der Waals surface area contributed by atoms with Crippen LogP contribution in [-0.2, 0) is 0 Å². The van der Waals surface area contributed by atoms with Gasteiger partial charge in [-0.25, -0.2) is 4.98 Å². The number of carbonyl (C=O) groups is 2. The molecule has 1 fully saturated rings. The average molecular weight is 374 g/mol. The highest BCUT2D eigenvalue weighted by Gasteiger charge is 2.18. The topological polar surface area (TPSA) is 89.2 Å². The molecular weight excluding hydrogens is 352 g/mol. The predicted molar refractivity (Wildman–Crippen MR) is 108 cm³/mol. The number of piperidine rings is 1. The van der Waals surface area contributed by atoms with Gasteiger partial charge in [0, 0.05) is 29.8 Å². The highest BCUT2D eigenvalue weighted by atomic mass is 16.2. The summed E-state index contributed by atoms with van der Waals surface area (Å²) in [5, 5.41) is 0. The number of likely N-dealkylation sites (tertiary alicyclic amines) is 1. The normalized spacial score (nSPS) is 14.2. The second kappa shape index (κ2) is 7.38. The Balaban J connectivity index is 1.69. The zero-order valence-corrected chi connectivity index (χ0v) is 15.8. The van der Waals surface area contributed by atoms with Crippen LogP contribution in [0.1, 0.15) is 45.5 Å². The maximum absolute atomic E-state index is 12.8. The second-order valence-electron chi connectivity index (χ2n) is 7.21. The lowest BCUT2D eigenvalue weighted by Crippen LogP contribution is -2.35. The van der Waals surface area contributed by atoms with Gasteiger partial charge in [0.05, 0.1) is 22.9 Å². The van der Waals surface area contributed by atoms with E-state index in [9.17, 15) is 9.59 Å². The van der Waals surface area contributed by atoms with Gasteiger partial charge < -0.3 is 10.6 Å². The first-order valence-corrected chi connectivity index (χ1v) is 9.50. The molecular formula is C22H22N4O2. The minimum absolute atomic E-state index is 0.0514. The van der Waals surface area contributed by atoms with Gasteiger partial charge in [-0.3, -0.25) is 14.6 Å². The fourth-order valence-corrected chi connectivity index (χ4v) is 3.66. The molecule has 0 unspecified atom stereocenters. The van der Waals surface area contributed by atoms with Gasteiger partial charge in [-0.2, -0.15) is 0 Å². The summed E-state index contributed by atoms with van der Waals surface area (Å²) in [5.41, 5.74) is 10.3. The molecule has 1 aromatic heterocycles. The van der Waals surface area contributed by atoms with Gasteiger partial charge >= 0.3 is 0 Å². The van der Waals surface area contributed by atoms with Crippen LogP contribution in [0.5, 0.6) is 0 Å². The van der Waals surface area contributed by atoms with E-state index in [2.05, 4.69) is 4.98 Å². The van der Waals surface area contributed by atoms with E-state index in [-0.39, 0.29) is 5.91 Å². The van der Waals surface area contributed by atoms with Crippen LogP contribution < -0.4 is 5.73 Å². The van der Waals surface area contributed by atoms with Crippen molar-refractivity contribution >= 4 is 22.8 Å². The molecule has 1 saturated heterocycles. The van der Waals surface area contributed by atoms with Crippen LogP contribution in [0.25, 0.3) is 22.3 Å². The first-order chi connectivity index (χ1) is 13.5. The number of amides is 2. The molecule has 0 spiro atoms. The lowest BCUT2D eigenvalue weighted by Gasteiger charge is -2.26. The Kier molecular flexibility index (Phi) is 4.77. The van der Waals surface area contributed by atoms with E-state index in [4.69, 9.17) is 10.7 Å². The number of hydrogen-bond acceptors (Lipinski definition) is 4. The monoisotopic (exact) mass is 374 g/mol. The van der Waals surface area contributed by atoms with Crippen molar-refractivity contribution in [3.8, 4) is 11.3 Å². The summed E-state index contributed by atoms with van der Waals surface area (Å²) in [5.74, 6) is -0.398. The number of aromatic nitrogens is 2. The summed E-state index contributed by atoms with van der Waals surface area (Å²) in [6.45, 7) is 3.47. The molecule has 0 radical (unpaired) electrons. The maximum atomic E-state index is 12.8. The van der Waals surface area contributed by atoms with Crippen molar-refractivity contribution in [2.45, 2.75) is 26.2 Å². The van der Waals surface area contributed by atoms with Crippen molar-refractivity contribution in [1.82, 2.24) is 14.9 Å². The summed E-state index contributed by atoms with van der Waals surface area (Å²) < 4.78 is 0. The Labute approximate surface area is 163 Å². The van der Waals surface area contributed by atoms with Crippen molar-refractivity contribution in [1.29, 1.82) is 0 Å². The number of carbonyl (C=O) groups excluding carboxylic acids is 2. The number of aryl methyl sites for hydroxylation is 1. The van der Waals surface area contributed by atoms with Gasteiger partial charge in [-0.05, 0) is 62.1 Å². The molecule has 2 amide bonds. The Hall–Kier alpha value is -3.28. The van der Waals surface area contributed by atoms with Crippen LogP contribution in [-0.4, -0.2) is 39.8 Å². The summed E-state index contributed by atoms with van der Waals surface area (Å²) in [6.07, 6.45) is 5.01. The average Bonchev–Trinajstić information content (AvgIpc) is 2.72. The molecule has 142 valence electrons. The molecule has 1 aliphatic rings. The zero-order valence-electron chi connectivity index (χ0n) is 15.8. The van der Waals surface area contributed by atoms with Crippen LogP contribution in [0.4, 0.5) is 0 Å². The lowest BCUT2D eigenvalue weighted by atomic mass is 10.0. The van der Waals surface area contributed by atoms with Gasteiger partial charge in [0.2, 0.25) is 5.91 Å². The largest absolute Gasteiger partial charge is 0.366 e. The van der Waals surface area contributed by atoms with E-state index in [1.807, 2.05) is 42.2 Å². The van der Waals surface area contributed by atoms with E-state index < -0.39 is 5.91 Å². The Morgan fingerprint density at radius 2 is 1.79 bits per heavy atom. The molecule has 0 atom stereocenters. The molecule has 2 heterocycles. The van der Waals surface area contributed by atoms with Crippen LogP contribution in [0, 0.1) is 6.92 Å². The highest BCUT2D eigenvalue weighted by molar-refractivity contribution is 5.97. The predicted octanol–water partition coefficient (Wildman–Crippen LogP) is 3.33. The number of fused-ring (bicyclic) bond motifs is 1. The lowest BCUT2D eigenvalue weighted by molar-refractivity contribution is 0.0724. The Bertz CT molecular complexity index is 1070. The van der Waals surface area contributed by atoms with Gasteiger partial charge in [-0.15, -0.1) is 0 Å². The third-order valence-electron chi connectivity index (χ3n) is 5.22. The smallest absolute Gasteiger partial charge is 0.253 e. The fourth-order valence-electron chi connectivity index (χ4n) is 3.66. The first-order valence-electron chi connectivity index (χ1n) is 9.50. The number of primary amides is 1. The number of nitrogens with two attached hydrogens (primary N) is 1. The third-order valence-corrected chi connectivity index (χ3v) is 5.22. The summed E-state index contributed by atoms with van der Waals surface area (Å²) in [4.78, 5) is 35.3. The molecule has 0 saturated carbocycles. The van der Waals surface area contributed by atoms with Crippen LogP contribution in [0.3, 0.4) is 0 Å². The number of nitrogens with zero attached hydrogens (tertiary/aromatic N) is 3. The molecule has 28 heavy (non-hydrogen) atoms. The quantitative estimate of drug-likeness (QED) is 0.761. The molecule has 0 aliphatic carbocycles. The molecule has 2 N–H and O–H groups in total. The van der Waals surface area contributed by atoms with E-state index >= 15 is 0 Å². The number of benzene rings is 2. The van der Waals surface area contributed by atoms with E-state index in [0.717, 1.165) is 42.6 Å². The number of hydrogen-bond donors (Lipinski definition) is 1. The minimum atomic E-state index is -0.450. The van der Waals surface area contributed by atoms with Gasteiger partial charge in [-0.1, -0.05) is 6.07 Å². The summed E-state index contributed by atoms with van der Waals surface area (Å²) in [7, 11) is 0. The van der Waals surface area contributed by atoms with E-state index in [1.54, 1.807) is 12.3 Å². The minimum Gasteiger partial charge on any atom is -0.366 e. The van der Waals surface area contributed by atoms with E-state index in [0.29, 0.717) is 22.3 Å². The SMILES string of the molecule is Cc1cc(-c2cnc3ccc(C(=O)N4CCCCC4)cc3n2)ccc1C(N)=O. The van der Waals surface area contributed by atoms with Gasteiger partial charge in [0.25, 0.3) is 5.91 Å². The molecule has 2 aromatic carbocycles. The van der Waals surface area contributed by atoms with Gasteiger partial charge in [0.1, 0.15) is 0 Å². The summed E-state index contributed by atoms with van der Waals surface area (Å²) in [6, 6.07) is 10.9. The van der Waals surface area contributed by atoms with Crippen LogP contribution in [0.2, 0.25) is 0 Å². The van der Waals surface area contributed by atoms with Crippen LogP contribution in [0.15, 0.2) is 42.6 Å². The van der Waals surface area contributed by atoms with Crippen LogP contribution >= 0.6 is 0 Å². The van der Waals surface area contributed by atoms with Gasteiger partial charge in [0.15, 0.2) is 0 Å². The number of rotatable bonds is 3. The Morgan fingerprint density at radius 1 is 1.00 bits per heavy atom. The summed E-state index contributed by atoms with van der Waals surface area (Å²) >= 11 is 0. The van der Waals surface area contributed by atoms with Crippen molar-refractivity contribution in [2.24, 2.45) is 5.73 Å².